The van der Waals surface area contributed by atoms with E-state index in [9.17, 15) is 4.57 Å². The molecule has 1 aromatic rings. The molecule has 17 heavy (non-hydrogen) atoms. The molecule has 0 unspecified atom stereocenters. The molecule has 1 rings (SSSR count). The SMILES string of the molecule is CCc1ccc(CCP(=O)(O)O)c(N)c1CC. The highest BCUT2D eigenvalue weighted by molar-refractivity contribution is 7.51. The molecule has 96 valence electrons. The Balaban J connectivity index is 2.99. The molecule has 0 aromatic heterocycles. The molecule has 0 heterocycles. The van der Waals surface area contributed by atoms with Gasteiger partial charge in [0, 0.05) is 5.69 Å². The molecule has 5 heteroatoms. The third-order valence-corrected chi connectivity index (χ3v) is 3.76. The molecule has 0 aliphatic heterocycles. The summed E-state index contributed by atoms with van der Waals surface area (Å²) in [5.41, 5.74) is 9.90. The smallest absolute Gasteiger partial charge is 0.325 e. The van der Waals surface area contributed by atoms with Crippen molar-refractivity contribution in [2.45, 2.75) is 33.1 Å². The van der Waals surface area contributed by atoms with Crippen molar-refractivity contribution < 1.29 is 14.4 Å². The Morgan fingerprint density at radius 1 is 1.18 bits per heavy atom. The standard InChI is InChI=1S/C12H20NO3P/c1-3-9-5-6-10(7-8-17(14,15)16)12(13)11(9)4-2/h5-6H,3-4,7-8,13H2,1-2H3,(H2,14,15,16). The maximum Gasteiger partial charge on any atom is 0.325 e. The fraction of sp³-hybridized carbons (Fsp3) is 0.500. The van der Waals surface area contributed by atoms with Crippen molar-refractivity contribution in [3.8, 4) is 0 Å². The van der Waals surface area contributed by atoms with Crippen molar-refractivity contribution in [2.24, 2.45) is 0 Å². The Kier molecular flexibility index (Phi) is 4.75. The minimum Gasteiger partial charge on any atom is -0.398 e. The third-order valence-electron chi connectivity index (χ3n) is 2.95. The molecule has 0 saturated carbocycles. The largest absolute Gasteiger partial charge is 0.398 e. The fourth-order valence-corrected chi connectivity index (χ4v) is 2.52. The molecule has 0 aliphatic carbocycles. The van der Waals surface area contributed by atoms with Crippen molar-refractivity contribution in [1.29, 1.82) is 0 Å². The Hall–Kier alpha value is -0.830. The molecule has 4 nitrogen and oxygen atoms in total. The summed E-state index contributed by atoms with van der Waals surface area (Å²) in [4.78, 5) is 17.7. The molecule has 0 radical (unpaired) electrons. The molecule has 0 spiro atoms. The van der Waals surface area contributed by atoms with Gasteiger partial charge in [0.25, 0.3) is 0 Å². The highest BCUT2D eigenvalue weighted by atomic mass is 31.2. The van der Waals surface area contributed by atoms with Crippen LogP contribution in [0.1, 0.15) is 30.5 Å². The van der Waals surface area contributed by atoms with Gasteiger partial charge in [0.2, 0.25) is 0 Å². The summed E-state index contributed by atoms with van der Waals surface area (Å²) >= 11 is 0. The van der Waals surface area contributed by atoms with E-state index >= 15 is 0 Å². The van der Waals surface area contributed by atoms with Crippen LogP contribution in [0.25, 0.3) is 0 Å². The maximum atomic E-state index is 10.8. The van der Waals surface area contributed by atoms with E-state index in [1.54, 1.807) is 0 Å². The minimum atomic E-state index is -3.95. The lowest BCUT2D eigenvalue weighted by molar-refractivity contribution is 0.373. The summed E-state index contributed by atoms with van der Waals surface area (Å²) in [6, 6.07) is 3.88. The Bertz CT molecular complexity index is 440. The van der Waals surface area contributed by atoms with Crippen LogP contribution in [0, 0.1) is 0 Å². The van der Waals surface area contributed by atoms with Gasteiger partial charge in [-0.2, -0.15) is 0 Å². The number of aryl methyl sites for hydroxylation is 2. The lowest BCUT2D eigenvalue weighted by Gasteiger charge is -2.14. The van der Waals surface area contributed by atoms with Crippen LogP contribution >= 0.6 is 7.60 Å². The van der Waals surface area contributed by atoms with E-state index in [1.807, 2.05) is 19.1 Å². The fourth-order valence-electron chi connectivity index (χ4n) is 1.99. The average Bonchev–Trinajstić information content (AvgIpc) is 2.25. The first-order valence-electron chi connectivity index (χ1n) is 5.82. The average molecular weight is 257 g/mol. The van der Waals surface area contributed by atoms with Gasteiger partial charge in [0.15, 0.2) is 0 Å². The van der Waals surface area contributed by atoms with Gasteiger partial charge in [-0.1, -0.05) is 26.0 Å². The van der Waals surface area contributed by atoms with E-state index in [-0.39, 0.29) is 6.16 Å². The monoisotopic (exact) mass is 257 g/mol. The van der Waals surface area contributed by atoms with Crippen molar-refractivity contribution in [3.05, 3.63) is 28.8 Å². The highest BCUT2D eigenvalue weighted by Gasteiger charge is 2.15. The molecular formula is C12H20NO3P. The summed E-state index contributed by atoms with van der Waals surface area (Å²) in [6.45, 7) is 4.11. The second kappa shape index (κ2) is 5.67. The van der Waals surface area contributed by atoms with Crippen LogP contribution in [-0.4, -0.2) is 15.9 Å². The number of hydrogen-bond acceptors (Lipinski definition) is 2. The van der Waals surface area contributed by atoms with E-state index in [1.165, 1.54) is 5.56 Å². The van der Waals surface area contributed by atoms with Crippen LogP contribution in [-0.2, 0) is 23.8 Å². The highest BCUT2D eigenvalue weighted by Crippen LogP contribution is 2.36. The molecule has 0 atom stereocenters. The Labute approximate surface area is 102 Å². The second-order valence-electron chi connectivity index (χ2n) is 4.12. The van der Waals surface area contributed by atoms with Crippen LogP contribution in [0.4, 0.5) is 5.69 Å². The van der Waals surface area contributed by atoms with Gasteiger partial charge in [-0.3, -0.25) is 4.57 Å². The number of anilines is 1. The van der Waals surface area contributed by atoms with Gasteiger partial charge in [-0.15, -0.1) is 0 Å². The molecule has 4 N–H and O–H groups in total. The molecule has 0 fully saturated rings. The first-order valence-corrected chi connectivity index (χ1v) is 7.62. The van der Waals surface area contributed by atoms with Crippen molar-refractivity contribution in [2.75, 3.05) is 11.9 Å². The summed E-state index contributed by atoms with van der Waals surface area (Å²) in [5, 5.41) is 0. The number of rotatable bonds is 5. The van der Waals surface area contributed by atoms with Gasteiger partial charge in [-0.05, 0) is 36.0 Å². The summed E-state index contributed by atoms with van der Waals surface area (Å²) in [7, 11) is -3.95. The van der Waals surface area contributed by atoms with Crippen molar-refractivity contribution in [1.82, 2.24) is 0 Å². The van der Waals surface area contributed by atoms with Crippen LogP contribution in [0.2, 0.25) is 0 Å². The van der Waals surface area contributed by atoms with E-state index in [2.05, 4.69) is 6.92 Å². The number of hydrogen-bond donors (Lipinski definition) is 3. The Morgan fingerprint density at radius 2 is 1.76 bits per heavy atom. The molecule has 0 bridgehead atoms. The predicted octanol–water partition coefficient (Wildman–Crippen LogP) is 2.11. The zero-order valence-corrected chi connectivity index (χ0v) is 11.2. The molecular weight excluding hydrogens is 237 g/mol. The topological polar surface area (TPSA) is 83.5 Å². The first kappa shape index (κ1) is 14.2. The lowest BCUT2D eigenvalue weighted by atomic mass is 9.96. The van der Waals surface area contributed by atoms with Crippen LogP contribution in [0.15, 0.2) is 12.1 Å². The molecule has 1 aromatic carbocycles. The molecule has 0 saturated heterocycles. The van der Waals surface area contributed by atoms with E-state index < -0.39 is 7.60 Å². The van der Waals surface area contributed by atoms with Crippen molar-refractivity contribution >= 4 is 13.3 Å². The Morgan fingerprint density at radius 3 is 2.24 bits per heavy atom. The van der Waals surface area contributed by atoms with Gasteiger partial charge < -0.3 is 15.5 Å². The van der Waals surface area contributed by atoms with E-state index in [0.717, 1.165) is 24.0 Å². The summed E-state index contributed by atoms with van der Waals surface area (Å²) in [6.07, 6.45) is 1.95. The summed E-state index contributed by atoms with van der Waals surface area (Å²) in [5.74, 6) is 0. The first-order chi connectivity index (χ1) is 7.89. The van der Waals surface area contributed by atoms with Crippen LogP contribution < -0.4 is 5.73 Å². The van der Waals surface area contributed by atoms with Gasteiger partial charge in [0.1, 0.15) is 0 Å². The van der Waals surface area contributed by atoms with Gasteiger partial charge >= 0.3 is 7.60 Å². The third kappa shape index (κ3) is 3.84. The lowest BCUT2D eigenvalue weighted by Crippen LogP contribution is -2.05. The molecule has 0 aliphatic rings. The number of nitrogen functional groups attached to an aromatic ring is 1. The number of benzene rings is 1. The minimum absolute atomic E-state index is 0.147. The zero-order valence-electron chi connectivity index (χ0n) is 10.3. The van der Waals surface area contributed by atoms with Crippen LogP contribution in [0.3, 0.4) is 0 Å². The van der Waals surface area contributed by atoms with Gasteiger partial charge in [0.05, 0.1) is 6.16 Å². The molecule has 0 amide bonds. The summed E-state index contributed by atoms with van der Waals surface area (Å²) < 4.78 is 10.8. The van der Waals surface area contributed by atoms with E-state index in [0.29, 0.717) is 12.1 Å². The predicted molar refractivity (Wildman–Crippen MR) is 70.2 cm³/mol. The van der Waals surface area contributed by atoms with Crippen molar-refractivity contribution in [3.63, 3.8) is 0 Å². The second-order valence-corrected chi connectivity index (χ2v) is 5.90. The number of nitrogens with two attached hydrogens (primary N) is 1. The van der Waals surface area contributed by atoms with Crippen LogP contribution in [0.5, 0.6) is 0 Å². The maximum absolute atomic E-state index is 10.8. The zero-order chi connectivity index (χ0) is 13.1. The van der Waals surface area contributed by atoms with E-state index in [4.69, 9.17) is 15.5 Å². The normalized spacial score (nSPS) is 11.8. The van der Waals surface area contributed by atoms with Gasteiger partial charge in [-0.25, -0.2) is 0 Å². The quantitative estimate of drug-likeness (QED) is 0.557.